The smallest absolute Gasteiger partial charge is 0.228 e. The molecule has 2 aliphatic rings. The summed E-state index contributed by atoms with van der Waals surface area (Å²) in [5, 5.41) is 3.00. The van der Waals surface area contributed by atoms with Crippen molar-refractivity contribution in [3.8, 4) is 11.1 Å². The summed E-state index contributed by atoms with van der Waals surface area (Å²) in [5.74, 6) is 0.149. The molecular formula is C25H29FN2O2. The van der Waals surface area contributed by atoms with E-state index in [1.165, 1.54) is 6.07 Å². The lowest BCUT2D eigenvalue weighted by Crippen LogP contribution is -2.54. The van der Waals surface area contributed by atoms with Crippen LogP contribution < -0.4 is 5.32 Å². The number of nitrogens with one attached hydrogen (secondary N) is 1. The summed E-state index contributed by atoms with van der Waals surface area (Å²) in [6.45, 7) is 3.71. The SMILES string of the molecule is CCNC(=O)[C@@]1(Cc2ccc(-c3ccccc3F)cc2)CCCN(C(=O)C2CC2)C1. The standard InChI is InChI=1S/C25H29FN2O2/c1-2-27-24(30)25(14-5-15-28(17-25)23(29)20-12-13-20)16-18-8-10-19(11-9-18)21-6-3-4-7-22(21)26/h3-4,6-11,20H,2,5,12-17H2,1H3,(H,27,30)/t25-/m1/s1. The molecule has 4 rings (SSSR count). The molecule has 1 heterocycles. The Kier molecular flexibility index (Phi) is 5.89. The van der Waals surface area contributed by atoms with Crippen molar-refractivity contribution in [3.05, 3.63) is 59.9 Å². The van der Waals surface area contributed by atoms with Gasteiger partial charge in [0.1, 0.15) is 5.82 Å². The first-order valence-corrected chi connectivity index (χ1v) is 10.9. The molecule has 158 valence electrons. The Morgan fingerprint density at radius 1 is 1.13 bits per heavy atom. The molecule has 1 atom stereocenters. The largest absolute Gasteiger partial charge is 0.356 e. The van der Waals surface area contributed by atoms with Crippen LogP contribution in [0.25, 0.3) is 11.1 Å². The number of piperidine rings is 1. The maximum absolute atomic E-state index is 14.1. The van der Waals surface area contributed by atoms with Crippen molar-refractivity contribution in [2.45, 2.75) is 39.0 Å². The lowest BCUT2D eigenvalue weighted by Gasteiger charge is -2.42. The second-order valence-electron chi connectivity index (χ2n) is 8.63. The summed E-state index contributed by atoms with van der Waals surface area (Å²) < 4.78 is 14.1. The van der Waals surface area contributed by atoms with E-state index in [-0.39, 0.29) is 23.5 Å². The van der Waals surface area contributed by atoms with E-state index in [2.05, 4.69) is 5.32 Å². The van der Waals surface area contributed by atoms with Gasteiger partial charge in [0.2, 0.25) is 11.8 Å². The van der Waals surface area contributed by atoms with E-state index in [1.54, 1.807) is 12.1 Å². The van der Waals surface area contributed by atoms with Gasteiger partial charge in [-0.15, -0.1) is 0 Å². The number of carbonyl (C=O) groups excluding carboxylic acids is 2. The molecule has 4 nitrogen and oxygen atoms in total. The molecule has 30 heavy (non-hydrogen) atoms. The van der Waals surface area contributed by atoms with Gasteiger partial charge in [-0.05, 0) is 56.2 Å². The monoisotopic (exact) mass is 408 g/mol. The van der Waals surface area contributed by atoms with Gasteiger partial charge in [0.05, 0.1) is 5.41 Å². The summed E-state index contributed by atoms with van der Waals surface area (Å²) >= 11 is 0. The third kappa shape index (κ3) is 4.25. The van der Waals surface area contributed by atoms with Crippen LogP contribution in [0.1, 0.15) is 38.2 Å². The van der Waals surface area contributed by atoms with Crippen molar-refractivity contribution in [2.24, 2.45) is 11.3 Å². The van der Waals surface area contributed by atoms with Crippen LogP contribution in [0.5, 0.6) is 0 Å². The lowest BCUT2D eigenvalue weighted by molar-refractivity contribution is -0.142. The van der Waals surface area contributed by atoms with Gasteiger partial charge in [-0.25, -0.2) is 4.39 Å². The Labute approximate surface area is 177 Å². The second kappa shape index (κ2) is 8.58. The van der Waals surface area contributed by atoms with Crippen molar-refractivity contribution in [3.63, 3.8) is 0 Å². The normalized spacial score (nSPS) is 21.3. The van der Waals surface area contributed by atoms with Crippen molar-refractivity contribution in [1.82, 2.24) is 10.2 Å². The minimum Gasteiger partial charge on any atom is -0.356 e. The molecule has 0 spiro atoms. The van der Waals surface area contributed by atoms with Gasteiger partial charge in [0.25, 0.3) is 0 Å². The molecule has 2 amide bonds. The molecule has 0 bridgehead atoms. The molecule has 5 heteroatoms. The molecular weight excluding hydrogens is 379 g/mol. The fraction of sp³-hybridized carbons (Fsp3) is 0.440. The number of nitrogens with zero attached hydrogens (tertiary/aromatic N) is 1. The van der Waals surface area contributed by atoms with Gasteiger partial charge in [-0.3, -0.25) is 9.59 Å². The van der Waals surface area contributed by atoms with Gasteiger partial charge in [0, 0.05) is 31.1 Å². The fourth-order valence-electron chi connectivity index (χ4n) is 4.55. The predicted molar refractivity (Wildman–Crippen MR) is 115 cm³/mol. The average Bonchev–Trinajstić information content (AvgIpc) is 3.60. The molecule has 2 fully saturated rings. The van der Waals surface area contributed by atoms with Crippen LogP contribution in [-0.4, -0.2) is 36.3 Å². The summed E-state index contributed by atoms with van der Waals surface area (Å²) in [4.78, 5) is 27.7. The number of amides is 2. The third-order valence-corrected chi connectivity index (χ3v) is 6.32. The van der Waals surface area contributed by atoms with Crippen molar-refractivity contribution >= 4 is 11.8 Å². The number of halogens is 1. The highest BCUT2D eigenvalue weighted by molar-refractivity contribution is 5.86. The predicted octanol–water partition coefficient (Wildman–Crippen LogP) is 4.19. The van der Waals surface area contributed by atoms with Crippen LogP contribution in [0.4, 0.5) is 4.39 Å². The van der Waals surface area contributed by atoms with Gasteiger partial charge in [0.15, 0.2) is 0 Å². The Morgan fingerprint density at radius 3 is 2.53 bits per heavy atom. The molecule has 1 saturated heterocycles. The van der Waals surface area contributed by atoms with Crippen LogP contribution in [0.15, 0.2) is 48.5 Å². The molecule has 2 aromatic carbocycles. The molecule has 0 radical (unpaired) electrons. The lowest BCUT2D eigenvalue weighted by atomic mass is 9.74. The summed E-state index contributed by atoms with van der Waals surface area (Å²) in [6, 6.07) is 14.5. The van der Waals surface area contributed by atoms with Crippen LogP contribution in [0.3, 0.4) is 0 Å². The molecule has 1 N–H and O–H groups in total. The van der Waals surface area contributed by atoms with Crippen molar-refractivity contribution < 1.29 is 14.0 Å². The van der Waals surface area contributed by atoms with E-state index in [0.29, 0.717) is 25.1 Å². The van der Waals surface area contributed by atoms with Crippen LogP contribution in [-0.2, 0) is 16.0 Å². The highest BCUT2D eigenvalue weighted by atomic mass is 19.1. The number of benzene rings is 2. The van der Waals surface area contributed by atoms with Crippen LogP contribution in [0, 0.1) is 17.2 Å². The number of rotatable bonds is 6. The van der Waals surface area contributed by atoms with Crippen LogP contribution in [0.2, 0.25) is 0 Å². The summed E-state index contributed by atoms with van der Waals surface area (Å²) in [5.41, 5.74) is 1.81. The molecule has 0 aromatic heterocycles. The number of likely N-dealkylation sites (tertiary alicyclic amines) is 1. The Hall–Kier alpha value is -2.69. The number of carbonyl (C=O) groups is 2. The summed E-state index contributed by atoms with van der Waals surface area (Å²) in [6.07, 6.45) is 4.12. The highest BCUT2D eigenvalue weighted by Crippen LogP contribution is 2.38. The first-order chi connectivity index (χ1) is 14.5. The fourth-order valence-corrected chi connectivity index (χ4v) is 4.55. The van der Waals surface area contributed by atoms with E-state index in [4.69, 9.17) is 0 Å². The van der Waals surface area contributed by atoms with Crippen molar-refractivity contribution in [1.29, 1.82) is 0 Å². The van der Waals surface area contributed by atoms with E-state index >= 15 is 0 Å². The van der Waals surface area contributed by atoms with Gasteiger partial charge in [-0.1, -0.05) is 42.5 Å². The van der Waals surface area contributed by atoms with E-state index < -0.39 is 5.41 Å². The minimum atomic E-state index is -0.613. The molecule has 1 aliphatic heterocycles. The number of hydrogen-bond acceptors (Lipinski definition) is 2. The highest BCUT2D eigenvalue weighted by Gasteiger charge is 2.45. The minimum absolute atomic E-state index is 0.0245. The molecule has 1 aliphatic carbocycles. The van der Waals surface area contributed by atoms with Gasteiger partial charge >= 0.3 is 0 Å². The molecule has 0 unspecified atom stereocenters. The van der Waals surface area contributed by atoms with E-state index in [1.807, 2.05) is 42.2 Å². The Morgan fingerprint density at radius 2 is 1.87 bits per heavy atom. The summed E-state index contributed by atoms with van der Waals surface area (Å²) in [7, 11) is 0. The topological polar surface area (TPSA) is 49.4 Å². The number of hydrogen-bond donors (Lipinski definition) is 1. The maximum atomic E-state index is 14.1. The Balaban J connectivity index is 1.56. The van der Waals surface area contributed by atoms with Crippen LogP contribution >= 0.6 is 0 Å². The average molecular weight is 409 g/mol. The zero-order chi connectivity index (χ0) is 21.1. The Bertz CT molecular complexity index is 923. The van der Waals surface area contributed by atoms with E-state index in [0.717, 1.165) is 43.4 Å². The first kappa shape index (κ1) is 20.6. The zero-order valence-corrected chi connectivity index (χ0v) is 17.5. The van der Waals surface area contributed by atoms with Gasteiger partial charge in [-0.2, -0.15) is 0 Å². The quantitative estimate of drug-likeness (QED) is 0.779. The van der Waals surface area contributed by atoms with E-state index in [9.17, 15) is 14.0 Å². The van der Waals surface area contributed by atoms with Crippen molar-refractivity contribution in [2.75, 3.05) is 19.6 Å². The van der Waals surface area contributed by atoms with Gasteiger partial charge < -0.3 is 10.2 Å². The molecule has 2 aromatic rings. The first-order valence-electron chi connectivity index (χ1n) is 10.9. The maximum Gasteiger partial charge on any atom is 0.228 e. The zero-order valence-electron chi connectivity index (χ0n) is 17.5. The second-order valence-corrected chi connectivity index (χ2v) is 8.63. The molecule has 1 saturated carbocycles. The third-order valence-electron chi connectivity index (χ3n) is 6.32.